The molecule has 4 nitrogen and oxygen atoms in total. The summed E-state index contributed by atoms with van der Waals surface area (Å²) >= 11 is 0. The Hall–Kier alpha value is -0.770. The summed E-state index contributed by atoms with van der Waals surface area (Å²) in [5, 5.41) is 2.51. The van der Waals surface area contributed by atoms with Crippen molar-refractivity contribution in [1.82, 2.24) is 10.8 Å². The maximum atomic E-state index is 10.1. The number of nitrogens with one attached hydrogen (secondary N) is 2. The Bertz CT molecular complexity index is 75.0. The number of hydrogen-bond acceptors (Lipinski definition) is 2. The van der Waals surface area contributed by atoms with Gasteiger partial charge in [0.2, 0.25) is 0 Å². The molecule has 0 aromatic carbocycles. The molecule has 0 spiro atoms. The molecule has 0 aromatic heterocycles. The summed E-state index contributed by atoms with van der Waals surface area (Å²) in [5.41, 5.74) is 2.13. The molecule has 0 aromatic rings. The van der Waals surface area contributed by atoms with Crippen molar-refractivity contribution in [2.45, 2.75) is 0 Å². The van der Waals surface area contributed by atoms with Crippen molar-refractivity contribution in [2.75, 3.05) is 13.2 Å². The lowest BCUT2D eigenvalue weighted by molar-refractivity contribution is 0.0449. The van der Waals surface area contributed by atoms with Gasteiger partial charge in [0.15, 0.2) is 0 Å². The Morgan fingerprint density at radius 1 is 1.71 bits per heavy atom. The van der Waals surface area contributed by atoms with Crippen molar-refractivity contribution in [3.63, 3.8) is 0 Å². The summed E-state index contributed by atoms with van der Waals surface area (Å²) in [5.74, 6) is 0. The van der Waals surface area contributed by atoms with Crippen molar-refractivity contribution in [1.29, 1.82) is 0 Å². The van der Waals surface area contributed by atoms with Gasteiger partial charge in [-0.1, -0.05) is 0 Å². The fourth-order valence-corrected chi connectivity index (χ4v) is 0.368. The Morgan fingerprint density at radius 3 is 2.86 bits per heavy atom. The van der Waals surface area contributed by atoms with Gasteiger partial charge in [-0.15, -0.1) is 0 Å². The number of carbonyl (C=O) groups is 1. The number of urea groups is 1. The molecule has 0 aliphatic carbocycles. The highest BCUT2D eigenvalue weighted by molar-refractivity contribution is 5.72. The van der Waals surface area contributed by atoms with Crippen LogP contribution in [0.5, 0.6) is 0 Å². The second-order valence-electron chi connectivity index (χ2n) is 1.21. The van der Waals surface area contributed by atoms with Gasteiger partial charge in [-0.3, -0.25) is 4.84 Å². The minimum absolute atomic E-state index is 0.258. The predicted octanol–water partition coefficient (Wildman–Crippen LogP) is -0.769. The second kappa shape index (κ2) is 1.79. The highest BCUT2D eigenvalue weighted by Crippen LogP contribution is 1.74. The van der Waals surface area contributed by atoms with Crippen molar-refractivity contribution in [3.05, 3.63) is 0 Å². The summed E-state index contributed by atoms with van der Waals surface area (Å²) in [6.45, 7) is 1.15. The molecule has 0 radical (unpaired) electrons. The van der Waals surface area contributed by atoms with Crippen LogP contribution < -0.4 is 10.8 Å². The molecule has 1 fully saturated rings. The van der Waals surface area contributed by atoms with Gasteiger partial charge in [0.05, 0.1) is 6.61 Å². The van der Waals surface area contributed by atoms with Gasteiger partial charge in [0, 0.05) is 6.54 Å². The zero-order valence-corrected chi connectivity index (χ0v) is 3.73. The van der Waals surface area contributed by atoms with E-state index in [0.717, 1.165) is 0 Å². The number of amides is 2. The smallest absolute Gasteiger partial charge is 0.334 e. The normalized spacial score (nSPS) is 20.3. The summed E-state index contributed by atoms with van der Waals surface area (Å²) in [6, 6.07) is -0.258. The van der Waals surface area contributed by atoms with Crippen LogP contribution in [0.2, 0.25) is 0 Å². The van der Waals surface area contributed by atoms with Crippen LogP contribution in [0, 0.1) is 0 Å². The van der Waals surface area contributed by atoms with E-state index in [0.29, 0.717) is 13.2 Å². The first-order chi connectivity index (χ1) is 3.39. The number of hydrogen-bond donors (Lipinski definition) is 2. The molecule has 2 N–H and O–H groups in total. The van der Waals surface area contributed by atoms with E-state index < -0.39 is 0 Å². The van der Waals surface area contributed by atoms with Gasteiger partial charge in [0.1, 0.15) is 0 Å². The summed E-state index contributed by atoms with van der Waals surface area (Å²) in [7, 11) is 0. The lowest BCUT2D eigenvalue weighted by atomic mass is 10.7. The number of carbonyl (C=O) groups excluding carboxylic acids is 1. The molecule has 1 aliphatic heterocycles. The summed E-state index contributed by atoms with van der Waals surface area (Å²) in [6.07, 6.45) is 0. The van der Waals surface area contributed by atoms with E-state index in [2.05, 4.69) is 15.6 Å². The standard InChI is InChI=1S/C3H6N2O2/c6-3-4-1-2-7-5-3/h1-2H2,(H2,4,5,6). The Kier molecular flexibility index (Phi) is 1.12. The van der Waals surface area contributed by atoms with E-state index in [-0.39, 0.29) is 6.03 Å². The van der Waals surface area contributed by atoms with Gasteiger partial charge in [-0.25, -0.2) is 10.3 Å². The summed E-state index contributed by atoms with van der Waals surface area (Å²) in [4.78, 5) is 14.6. The van der Waals surface area contributed by atoms with Crippen molar-refractivity contribution < 1.29 is 9.63 Å². The van der Waals surface area contributed by atoms with Crippen molar-refractivity contribution in [2.24, 2.45) is 0 Å². The first-order valence-electron chi connectivity index (χ1n) is 2.05. The first-order valence-corrected chi connectivity index (χ1v) is 2.05. The third-order valence-electron chi connectivity index (χ3n) is 0.655. The fourth-order valence-electron chi connectivity index (χ4n) is 0.368. The highest BCUT2D eigenvalue weighted by atomic mass is 16.7. The molecule has 0 atom stereocenters. The molecule has 4 heteroatoms. The fraction of sp³-hybridized carbons (Fsp3) is 0.667. The van der Waals surface area contributed by atoms with Crippen LogP contribution in [0.15, 0.2) is 0 Å². The van der Waals surface area contributed by atoms with Crippen LogP contribution in [0.3, 0.4) is 0 Å². The maximum Gasteiger partial charge on any atom is 0.338 e. The average Bonchev–Trinajstić information content (AvgIpc) is 1.69. The maximum absolute atomic E-state index is 10.1. The zero-order valence-electron chi connectivity index (χ0n) is 3.73. The molecule has 2 amide bonds. The Balaban J connectivity index is 2.25. The SMILES string of the molecule is O=C1NCCON1. The van der Waals surface area contributed by atoms with Gasteiger partial charge >= 0.3 is 6.03 Å². The summed E-state index contributed by atoms with van der Waals surface area (Å²) < 4.78 is 0. The molecule has 0 unspecified atom stereocenters. The van der Waals surface area contributed by atoms with E-state index >= 15 is 0 Å². The first kappa shape index (κ1) is 4.39. The molecule has 0 bridgehead atoms. The van der Waals surface area contributed by atoms with Gasteiger partial charge in [-0.05, 0) is 0 Å². The molecular formula is C3H6N2O2. The van der Waals surface area contributed by atoms with Crippen LogP contribution >= 0.6 is 0 Å². The molecule has 7 heavy (non-hydrogen) atoms. The quantitative estimate of drug-likeness (QED) is 0.422. The lowest BCUT2D eigenvalue weighted by Crippen LogP contribution is -2.43. The predicted molar refractivity (Wildman–Crippen MR) is 22.5 cm³/mol. The minimum Gasteiger partial charge on any atom is -0.334 e. The van der Waals surface area contributed by atoms with Crippen LogP contribution in [0.4, 0.5) is 4.79 Å². The van der Waals surface area contributed by atoms with Crippen molar-refractivity contribution >= 4 is 6.03 Å². The molecular weight excluding hydrogens is 96.0 g/mol. The zero-order chi connectivity index (χ0) is 5.11. The molecule has 40 valence electrons. The molecule has 1 saturated heterocycles. The highest BCUT2D eigenvalue weighted by Gasteiger charge is 2.02. The van der Waals surface area contributed by atoms with Crippen LogP contribution in [0.1, 0.15) is 0 Å². The van der Waals surface area contributed by atoms with Crippen molar-refractivity contribution in [3.8, 4) is 0 Å². The van der Waals surface area contributed by atoms with E-state index in [9.17, 15) is 4.79 Å². The molecule has 1 heterocycles. The Morgan fingerprint density at radius 2 is 2.57 bits per heavy atom. The van der Waals surface area contributed by atoms with E-state index in [1.54, 1.807) is 0 Å². The third kappa shape index (κ3) is 1.04. The Labute approximate surface area is 40.8 Å². The minimum atomic E-state index is -0.258. The topological polar surface area (TPSA) is 50.4 Å². The number of hydroxylamine groups is 1. The lowest BCUT2D eigenvalue weighted by Gasteiger charge is -2.11. The van der Waals surface area contributed by atoms with Gasteiger partial charge < -0.3 is 5.32 Å². The average molecular weight is 102 g/mol. The van der Waals surface area contributed by atoms with Gasteiger partial charge in [0.25, 0.3) is 0 Å². The molecule has 1 aliphatic rings. The van der Waals surface area contributed by atoms with Crippen LogP contribution in [0.25, 0.3) is 0 Å². The monoisotopic (exact) mass is 102 g/mol. The number of rotatable bonds is 0. The third-order valence-corrected chi connectivity index (χ3v) is 0.655. The molecule has 0 saturated carbocycles. The van der Waals surface area contributed by atoms with E-state index in [4.69, 9.17) is 0 Å². The largest absolute Gasteiger partial charge is 0.338 e. The van der Waals surface area contributed by atoms with E-state index in [1.165, 1.54) is 0 Å². The van der Waals surface area contributed by atoms with E-state index in [1.807, 2.05) is 0 Å². The van der Waals surface area contributed by atoms with Crippen LogP contribution in [-0.2, 0) is 4.84 Å². The second-order valence-corrected chi connectivity index (χ2v) is 1.21. The molecule has 1 rings (SSSR count). The van der Waals surface area contributed by atoms with Gasteiger partial charge in [-0.2, -0.15) is 0 Å². The van der Waals surface area contributed by atoms with Crippen LogP contribution in [-0.4, -0.2) is 19.2 Å².